The summed E-state index contributed by atoms with van der Waals surface area (Å²) in [5.41, 5.74) is 6.03. The fourth-order valence-corrected chi connectivity index (χ4v) is 13.4. The average Bonchev–Trinajstić information content (AvgIpc) is 0.812. The minimum atomic E-state index is -4.56. The van der Waals surface area contributed by atoms with Crippen molar-refractivity contribution in [2.45, 2.75) is 274 Å². The second-order valence-electron chi connectivity index (χ2n) is 38.8. The minimum absolute atomic E-state index is 0.0226. The van der Waals surface area contributed by atoms with Crippen molar-refractivity contribution in [3.63, 3.8) is 0 Å². The topological polar surface area (TPSA) is 268 Å². The Morgan fingerprint density at radius 3 is 0.746 bits per heavy atom. The van der Waals surface area contributed by atoms with E-state index in [4.69, 9.17) is 83.9 Å². The Labute approximate surface area is 694 Å². The molecule has 0 saturated heterocycles. The van der Waals surface area contributed by atoms with Gasteiger partial charge in [0.25, 0.3) is 15.6 Å². The summed E-state index contributed by atoms with van der Waals surface area (Å²) in [7, 11) is -5.01. The molecule has 114 heavy (non-hydrogen) atoms. The summed E-state index contributed by atoms with van der Waals surface area (Å²) in [6, 6.07) is 19.1. The average molecular weight is 1720 g/mol. The Morgan fingerprint density at radius 1 is 0.333 bits per heavy atom. The number of benzene rings is 4. The molecule has 0 amide bonds. The van der Waals surface area contributed by atoms with Crippen LogP contribution in [0.2, 0.25) is 72.5 Å². The molecule has 0 bridgehead atoms. The lowest BCUT2D eigenvalue weighted by molar-refractivity contribution is -0.870. The van der Waals surface area contributed by atoms with Crippen LogP contribution < -0.4 is 47.7 Å². The van der Waals surface area contributed by atoms with E-state index < -0.39 is 62.5 Å². The maximum Gasteiger partial charge on any atom is 0.271 e. The monoisotopic (exact) mass is 1720 g/mol. The number of phosphoric acid groups is 2. The second kappa shape index (κ2) is 46.2. The molecule has 0 aliphatic carbocycles. The highest BCUT2D eigenvalue weighted by Gasteiger charge is 2.41. The summed E-state index contributed by atoms with van der Waals surface area (Å²) >= 11 is 0. The SMILES string of the molecule is CC(C)(C)[Si](C)(C)OCOc1cccc(OCO[Si](C)(C)C(C)(C)C)c1.CC(C)c1cc(C(C)C)c(OCO)cc1OCO.CC(C)c1cc(C(C)C)c(OCOP(=O)([O-])OCC[N+](C)(C)C)cc1OCOP(=O)([O-])OCC[N+](C)(C)C.CC(C)c1cc(C(C)C)c(OCO[Si](C)(C)C(C)(C)C)cc1OCO[Si](C)(C)C(C)(C)C. The highest BCUT2D eigenvalue weighted by atomic mass is 31.2. The van der Waals surface area contributed by atoms with E-state index in [1.165, 1.54) is 11.1 Å². The first-order chi connectivity index (χ1) is 51.7. The van der Waals surface area contributed by atoms with Crippen LogP contribution >= 0.6 is 15.6 Å². The number of hydrogen-bond acceptors (Lipinski definition) is 22. The Bertz CT molecular complexity index is 3370. The van der Waals surface area contributed by atoms with Crippen molar-refractivity contribution in [3.05, 3.63) is 94.0 Å². The molecule has 24 nitrogen and oxygen atoms in total. The van der Waals surface area contributed by atoms with Gasteiger partial charge in [-0.3, -0.25) is 18.2 Å². The van der Waals surface area contributed by atoms with E-state index in [0.29, 0.717) is 56.9 Å². The lowest BCUT2D eigenvalue weighted by Gasteiger charge is -2.36. The standard InChI is InChI=1S/C26H50O4Si2.C24H46N2O10P2.C20H38O4Si2.C14H22O4/c1-19(2)21-15-22(20(3)4)24(28-18-30-32(13,14)26(8,9)10)16-23(21)27-17-29-31(11,12)25(5,6)7;1-19(2)21-15-22(20(3)4)24(32-18-36-38(29,30)34-14-12-26(8,9)10)16-23(21)31-17-35-37(27,28)33-13-11-25(5,6)7;1-19(2,3)25(7,8)23-15-21-17-12-11-13-18(14-17)22-16-24-26(9,10)20(4,5)6;1-9(2)11-5-12(10(3)4)14(18-8-16)6-13(11)17-7-15/h15-16,19-20H,17-18H2,1-14H3;15-16,19-20H,11-14,17-18H2,1-10H3;11-14H,15-16H2,1-10H3;5-6,9-10,15-16H,7-8H2,1-4H3. The number of likely N-dealkylation sites (N-methyl/N-ethyl adjacent to an activating group) is 2. The van der Waals surface area contributed by atoms with E-state index in [9.17, 15) is 18.9 Å². The Morgan fingerprint density at radius 2 is 0.544 bits per heavy atom. The summed E-state index contributed by atoms with van der Waals surface area (Å²) in [6.45, 7) is 69.5. The third kappa shape index (κ3) is 39.1. The molecular weight excluding hydrogens is 1560 g/mol. The number of phosphoric ester groups is 2. The number of rotatable bonds is 42. The van der Waals surface area contributed by atoms with Crippen molar-refractivity contribution in [1.82, 2.24) is 0 Å². The molecule has 0 saturated carbocycles. The fraction of sp³-hybridized carbons (Fsp3) is 0.714. The summed E-state index contributed by atoms with van der Waals surface area (Å²) in [5, 5.41) is 18.5. The van der Waals surface area contributed by atoms with Gasteiger partial charge in [0.2, 0.25) is 0 Å². The molecule has 0 radical (unpaired) electrons. The van der Waals surface area contributed by atoms with Crippen LogP contribution in [-0.4, -0.2) is 175 Å². The molecule has 2 atom stereocenters. The van der Waals surface area contributed by atoms with Gasteiger partial charge in [0.1, 0.15) is 72.3 Å². The Kier molecular flexibility index (Phi) is 43.8. The summed E-state index contributed by atoms with van der Waals surface area (Å²) < 4.78 is 115. The molecule has 2 N–H and O–H groups in total. The molecule has 0 spiro atoms. The molecular formula is C84H156N2O22P2Si4. The van der Waals surface area contributed by atoms with Crippen LogP contribution in [0, 0.1) is 0 Å². The molecule has 660 valence electrons. The first-order valence-corrected chi connectivity index (χ1v) is 54.5. The highest BCUT2D eigenvalue weighted by molar-refractivity contribution is 7.46. The van der Waals surface area contributed by atoms with E-state index in [-0.39, 0.29) is 97.8 Å². The van der Waals surface area contributed by atoms with Crippen molar-refractivity contribution in [2.24, 2.45) is 0 Å². The number of aliphatic hydroxyl groups is 2. The van der Waals surface area contributed by atoms with Gasteiger partial charge in [-0.15, -0.1) is 0 Å². The van der Waals surface area contributed by atoms with Crippen molar-refractivity contribution in [3.8, 4) is 46.0 Å². The van der Waals surface area contributed by atoms with E-state index in [1.807, 2.05) is 112 Å². The zero-order valence-electron chi connectivity index (χ0n) is 77.6. The largest absolute Gasteiger partial charge is 0.756 e. The van der Waals surface area contributed by atoms with Crippen LogP contribution in [0.25, 0.3) is 0 Å². The number of hydrogen-bond donors (Lipinski definition) is 2. The molecule has 4 aromatic carbocycles. The van der Waals surface area contributed by atoms with Gasteiger partial charge in [-0.05, 0) is 172 Å². The molecule has 0 aliphatic rings. The van der Waals surface area contributed by atoms with Gasteiger partial charge >= 0.3 is 0 Å². The quantitative estimate of drug-likeness (QED) is 0.0181. The van der Waals surface area contributed by atoms with Crippen LogP contribution in [0.15, 0.2) is 60.7 Å². The maximum atomic E-state index is 12.1. The third-order valence-corrected chi connectivity index (χ3v) is 40.7. The second-order valence-corrected chi connectivity index (χ2v) is 60.8. The van der Waals surface area contributed by atoms with Crippen LogP contribution in [0.1, 0.15) is 235 Å². The smallest absolute Gasteiger partial charge is 0.271 e. The molecule has 0 heterocycles. The van der Waals surface area contributed by atoms with E-state index in [2.05, 4.69) is 197 Å². The lowest BCUT2D eigenvalue weighted by Crippen LogP contribution is -2.41. The van der Waals surface area contributed by atoms with Gasteiger partial charge in [-0.1, -0.05) is 172 Å². The molecule has 0 aromatic heterocycles. The van der Waals surface area contributed by atoms with Gasteiger partial charge in [-0.25, -0.2) is 0 Å². The molecule has 0 aliphatic heterocycles. The third-order valence-electron chi connectivity index (χ3n) is 21.1. The molecule has 4 aromatic rings. The fourth-order valence-electron chi connectivity index (χ4n) is 9.11. The Hall–Kier alpha value is -3.95. The lowest BCUT2D eigenvalue weighted by atomic mass is 9.94. The number of aliphatic hydroxyl groups excluding tert-OH is 2. The molecule has 2 unspecified atom stereocenters. The van der Waals surface area contributed by atoms with E-state index in [0.717, 1.165) is 45.3 Å². The van der Waals surface area contributed by atoms with Gasteiger partial charge in [0, 0.05) is 24.3 Å². The van der Waals surface area contributed by atoms with Crippen LogP contribution in [0.4, 0.5) is 0 Å². The molecule has 4 rings (SSSR count). The van der Waals surface area contributed by atoms with Crippen molar-refractivity contribution < 1.29 is 112 Å². The van der Waals surface area contributed by atoms with Crippen LogP contribution in [0.5, 0.6) is 46.0 Å². The normalized spacial score (nSPS) is 14.0. The predicted octanol–water partition coefficient (Wildman–Crippen LogP) is 20.7. The van der Waals surface area contributed by atoms with Gasteiger partial charge in [0.15, 0.2) is 87.6 Å². The zero-order valence-corrected chi connectivity index (χ0v) is 83.4. The van der Waals surface area contributed by atoms with Crippen LogP contribution in [-0.2, 0) is 44.9 Å². The van der Waals surface area contributed by atoms with Crippen molar-refractivity contribution in [1.29, 1.82) is 0 Å². The first kappa shape index (κ1) is 108. The van der Waals surface area contributed by atoms with Crippen molar-refractivity contribution >= 4 is 48.9 Å². The van der Waals surface area contributed by atoms with Crippen molar-refractivity contribution in [2.75, 3.05) is 123 Å². The highest BCUT2D eigenvalue weighted by Crippen LogP contribution is 2.46. The van der Waals surface area contributed by atoms with Gasteiger partial charge < -0.3 is 93.6 Å². The minimum Gasteiger partial charge on any atom is -0.756 e. The zero-order chi connectivity index (χ0) is 88.4. The van der Waals surface area contributed by atoms with Gasteiger partial charge in [-0.2, -0.15) is 0 Å². The number of quaternary nitrogens is 2. The molecule has 30 heteroatoms. The predicted molar refractivity (Wildman–Crippen MR) is 467 cm³/mol. The summed E-state index contributed by atoms with van der Waals surface area (Å²) in [6.07, 6.45) is 0. The number of ether oxygens (including phenoxy) is 8. The summed E-state index contributed by atoms with van der Waals surface area (Å²) in [5.74, 6) is 6.33. The first-order valence-electron chi connectivity index (χ1n) is 39.9. The molecule has 0 fully saturated rings. The maximum absolute atomic E-state index is 12.1. The Balaban J connectivity index is 0.000000783. The van der Waals surface area contributed by atoms with E-state index in [1.54, 1.807) is 12.1 Å². The van der Waals surface area contributed by atoms with Crippen LogP contribution in [0.3, 0.4) is 0 Å². The summed E-state index contributed by atoms with van der Waals surface area (Å²) in [4.78, 5) is 24.2. The van der Waals surface area contributed by atoms with Gasteiger partial charge in [0.05, 0.1) is 42.3 Å². The van der Waals surface area contributed by atoms with E-state index >= 15 is 0 Å². The number of nitrogens with zero attached hydrogens (tertiary/aromatic N) is 2.